The van der Waals surface area contributed by atoms with E-state index in [2.05, 4.69) is 33.5 Å². The van der Waals surface area contributed by atoms with Crippen LogP contribution in [0.2, 0.25) is 19.6 Å². The van der Waals surface area contributed by atoms with E-state index in [4.69, 9.17) is 9.16 Å². The van der Waals surface area contributed by atoms with Gasteiger partial charge in [-0.25, -0.2) is 0 Å². The van der Waals surface area contributed by atoms with Crippen molar-refractivity contribution in [3.63, 3.8) is 0 Å². The van der Waals surface area contributed by atoms with Gasteiger partial charge in [0, 0.05) is 12.8 Å². The number of rotatable bonds is 4. The zero-order valence-corrected chi connectivity index (χ0v) is 9.81. The first-order chi connectivity index (χ1) is 5.33. The predicted octanol–water partition coefficient (Wildman–Crippen LogP) is 2.75. The van der Waals surface area contributed by atoms with Crippen LogP contribution in [0.5, 0.6) is 0 Å². The Morgan fingerprint density at radius 3 is 1.92 bits per heavy atom. The molecule has 0 radical (unpaired) electrons. The molecular weight excluding hydrogens is 168 g/mol. The minimum Gasteiger partial charge on any atom is -0.391 e. The van der Waals surface area contributed by atoms with Crippen molar-refractivity contribution in [3.8, 4) is 0 Å². The molecule has 1 fully saturated rings. The fraction of sp³-hybridized carbons (Fsp3) is 1.00. The van der Waals surface area contributed by atoms with E-state index in [0.717, 1.165) is 12.8 Å². The van der Waals surface area contributed by atoms with Crippen LogP contribution in [0.4, 0.5) is 0 Å². The normalized spacial score (nSPS) is 21.5. The van der Waals surface area contributed by atoms with Gasteiger partial charge in [-0.3, -0.25) is 0 Å². The lowest BCUT2D eigenvalue weighted by atomic mass is 10.5. The van der Waals surface area contributed by atoms with Gasteiger partial charge in [0.05, 0.1) is 6.10 Å². The SMILES string of the molecule is CC(C)OC1(O[Si](C)(C)C)CC1. The molecule has 12 heavy (non-hydrogen) atoms. The van der Waals surface area contributed by atoms with Crippen molar-refractivity contribution in [2.75, 3.05) is 0 Å². The zero-order valence-electron chi connectivity index (χ0n) is 8.81. The smallest absolute Gasteiger partial charge is 0.187 e. The third kappa shape index (κ3) is 3.25. The maximum absolute atomic E-state index is 5.96. The number of hydrogen-bond acceptors (Lipinski definition) is 2. The number of ether oxygens (including phenoxy) is 1. The molecule has 0 N–H and O–H groups in total. The van der Waals surface area contributed by atoms with Crippen LogP contribution in [-0.2, 0) is 9.16 Å². The topological polar surface area (TPSA) is 18.5 Å². The molecule has 0 aliphatic heterocycles. The van der Waals surface area contributed by atoms with Gasteiger partial charge in [0.1, 0.15) is 0 Å². The van der Waals surface area contributed by atoms with Gasteiger partial charge in [-0.15, -0.1) is 0 Å². The van der Waals surface area contributed by atoms with Crippen molar-refractivity contribution in [1.29, 1.82) is 0 Å². The molecule has 0 aromatic heterocycles. The first-order valence-electron chi connectivity index (χ1n) is 4.71. The lowest BCUT2D eigenvalue weighted by Crippen LogP contribution is -2.36. The van der Waals surface area contributed by atoms with E-state index < -0.39 is 8.32 Å². The van der Waals surface area contributed by atoms with Crippen LogP contribution in [0.3, 0.4) is 0 Å². The molecule has 1 aliphatic carbocycles. The molecule has 3 heteroatoms. The lowest BCUT2D eigenvalue weighted by molar-refractivity contribution is -0.136. The Kier molecular flexibility index (Phi) is 2.66. The van der Waals surface area contributed by atoms with Gasteiger partial charge in [-0.2, -0.15) is 0 Å². The summed E-state index contributed by atoms with van der Waals surface area (Å²) >= 11 is 0. The molecule has 0 heterocycles. The minimum absolute atomic E-state index is 0.182. The zero-order chi connectivity index (χ0) is 9.41. The Morgan fingerprint density at radius 2 is 1.67 bits per heavy atom. The van der Waals surface area contributed by atoms with E-state index in [1.54, 1.807) is 0 Å². The van der Waals surface area contributed by atoms with Crippen LogP contribution in [-0.4, -0.2) is 20.2 Å². The van der Waals surface area contributed by atoms with Gasteiger partial charge in [-0.05, 0) is 33.5 Å². The Balaban J connectivity index is 2.40. The van der Waals surface area contributed by atoms with E-state index in [1.807, 2.05) is 0 Å². The summed E-state index contributed by atoms with van der Waals surface area (Å²) < 4.78 is 11.7. The van der Waals surface area contributed by atoms with E-state index in [9.17, 15) is 0 Å². The molecule has 1 saturated carbocycles. The molecule has 0 amide bonds. The van der Waals surface area contributed by atoms with Crippen molar-refractivity contribution < 1.29 is 9.16 Å². The first-order valence-corrected chi connectivity index (χ1v) is 8.12. The van der Waals surface area contributed by atoms with Crippen molar-refractivity contribution in [1.82, 2.24) is 0 Å². The summed E-state index contributed by atoms with van der Waals surface area (Å²) in [6, 6.07) is 0. The molecule has 0 unspecified atom stereocenters. The summed E-state index contributed by atoms with van der Waals surface area (Å²) in [5.41, 5.74) is 0. The van der Waals surface area contributed by atoms with Gasteiger partial charge < -0.3 is 9.16 Å². The second kappa shape index (κ2) is 3.12. The second-order valence-electron chi connectivity index (χ2n) is 4.79. The van der Waals surface area contributed by atoms with E-state index in [0.29, 0.717) is 0 Å². The Morgan fingerprint density at radius 1 is 1.17 bits per heavy atom. The average molecular weight is 188 g/mol. The maximum Gasteiger partial charge on any atom is 0.187 e. The molecule has 0 atom stereocenters. The van der Waals surface area contributed by atoms with Crippen molar-refractivity contribution in [2.24, 2.45) is 0 Å². The first kappa shape index (κ1) is 10.2. The van der Waals surface area contributed by atoms with Gasteiger partial charge in [0.15, 0.2) is 14.1 Å². The Hall–Kier alpha value is 0.137. The molecule has 1 rings (SSSR count). The van der Waals surface area contributed by atoms with Crippen LogP contribution in [0, 0.1) is 0 Å². The summed E-state index contributed by atoms with van der Waals surface area (Å²) in [6.45, 7) is 10.7. The summed E-state index contributed by atoms with van der Waals surface area (Å²) in [7, 11) is -1.42. The van der Waals surface area contributed by atoms with E-state index in [1.165, 1.54) is 0 Å². The average Bonchev–Trinajstić information content (AvgIpc) is 2.40. The molecule has 0 aromatic carbocycles. The summed E-state index contributed by atoms with van der Waals surface area (Å²) in [6.07, 6.45) is 2.44. The van der Waals surface area contributed by atoms with Crippen LogP contribution in [0.15, 0.2) is 0 Å². The molecule has 0 bridgehead atoms. The van der Waals surface area contributed by atoms with Gasteiger partial charge in [0.25, 0.3) is 0 Å². The predicted molar refractivity (Wildman–Crippen MR) is 52.6 cm³/mol. The summed E-state index contributed by atoms with van der Waals surface area (Å²) in [4.78, 5) is 0. The van der Waals surface area contributed by atoms with E-state index >= 15 is 0 Å². The highest BCUT2D eigenvalue weighted by atomic mass is 28.4. The molecule has 0 aromatic rings. The highest BCUT2D eigenvalue weighted by molar-refractivity contribution is 6.69. The Labute approximate surface area is 76.4 Å². The number of hydrogen-bond donors (Lipinski definition) is 0. The Bertz CT molecular complexity index is 156. The molecular formula is C9H20O2Si. The van der Waals surface area contributed by atoms with Gasteiger partial charge in [0.2, 0.25) is 0 Å². The summed E-state index contributed by atoms with van der Waals surface area (Å²) in [5.74, 6) is -0.182. The lowest BCUT2D eigenvalue weighted by Gasteiger charge is -2.27. The fourth-order valence-corrected chi connectivity index (χ4v) is 2.70. The van der Waals surface area contributed by atoms with Crippen molar-refractivity contribution in [3.05, 3.63) is 0 Å². The monoisotopic (exact) mass is 188 g/mol. The molecule has 2 nitrogen and oxygen atoms in total. The van der Waals surface area contributed by atoms with Crippen LogP contribution in [0.1, 0.15) is 26.7 Å². The van der Waals surface area contributed by atoms with E-state index in [-0.39, 0.29) is 11.9 Å². The molecule has 1 aliphatic rings. The summed E-state index contributed by atoms with van der Waals surface area (Å²) in [5, 5.41) is 0. The molecule has 0 saturated heterocycles. The highest BCUT2D eigenvalue weighted by Crippen LogP contribution is 2.43. The van der Waals surface area contributed by atoms with Gasteiger partial charge in [-0.1, -0.05) is 0 Å². The fourth-order valence-electron chi connectivity index (χ4n) is 1.33. The quantitative estimate of drug-likeness (QED) is 0.499. The molecule has 0 spiro atoms. The standard InChI is InChI=1S/C9H20O2Si/c1-8(2)10-9(6-7-9)11-12(3,4)5/h8H,6-7H2,1-5H3. The second-order valence-corrected chi connectivity index (χ2v) is 9.22. The van der Waals surface area contributed by atoms with Crippen molar-refractivity contribution >= 4 is 8.32 Å². The highest BCUT2D eigenvalue weighted by Gasteiger charge is 2.48. The minimum atomic E-state index is -1.42. The van der Waals surface area contributed by atoms with Crippen molar-refractivity contribution in [2.45, 2.75) is 58.2 Å². The maximum atomic E-state index is 5.96. The van der Waals surface area contributed by atoms with Crippen LogP contribution >= 0.6 is 0 Å². The van der Waals surface area contributed by atoms with Crippen LogP contribution < -0.4 is 0 Å². The van der Waals surface area contributed by atoms with Gasteiger partial charge >= 0.3 is 0 Å². The molecule has 72 valence electrons. The third-order valence-corrected chi connectivity index (χ3v) is 2.59. The largest absolute Gasteiger partial charge is 0.391 e. The van der Waals surface area contributed by atoms with Crippen LogP contribution in [0.25, 0.3) is 0 Å². The third-order valence-electron chi connectivity index (χ3n) is 1.60.